The average Bonchev–Trinajstić information content (AvgIpc) is 2.43. The fourth-order valence-corrected chi connectivity index (χ4v) is 2.65. The Morgan fingerprint density at radius 2 is 2.10 bits per heavy atom. The Kier molecular flexibility index (Phi) is 5.50. The van der Waals surface area contributed by atoms with Gasteiger partial charge in [-0.15, -0.1) is 0 Å². The summed E-state index contributed by atoms with van der Waals surface area (Å²) in [6, 6.07) is 6.46. The van der Waals surface area contributed by atoms with E-state index in [-0.39, 0.29) is 11.7 Å². The maximum Gasteiger partial charge on any atom is 0.387 e. The predicted molar refractivity (Wildman–Crippen MR) is 75.7 cm³/mol. The monoisotopic (exact) mass is 299 g/mol. The van der Waals surface area contributed by atoms with Crippen molar-refractivity contribution in [3.63, 3.8) is 0 Å². The highest BCUT2D eigenvalue weighted by atomic mass is 19.3. The third-order valence-electron chi connectivity index (χ3n) is 3.83. The lowest BCUT2D eigenvalue weighted by Gasteiger charge is -2.29. The molecule has 1 heterocycles. The summed E-state index contributed by atoms with van der Waals surface area (Å²) in [5.74, 6) is 0.0274. The second-order valence-corrected chi connectivity index (χ2v) is 5.43. The molecule has 2 atom stereocenters. The number of alkyl halides is 2. The third kappa shape index (κ3) is 4.97. The molecule has 1 fully saturated rings. The number of nitrogens with one attached hydrogen (secondary N) is 2. The predicted octanol–water partition coefficient (Wildman–Crippen LogP) is 1.68. The van der Waals surface area contributed by atoms with Crippen molar-refractivity contribution in [2.45, 2.75) is 38.8 Å². The van der Waals surface area contributed by atoms with E-state index in [1.807, 2.05) is 0 Å². The van der Waals surface area contributed by atoms with Crippen LogP contribution in [0.3, 0.4) is 0 Å². The fourth-order valence-electron chi connectivity index (χ4n) is 2.65. The van der Waals surface area contributed by atoms with Gasteiger partial charge in [-0.3, -0.25) is 4.79 Å². The highest BCUT2D eigenvalue weighted by Gasteiger charge is 2.24. The van der Waals surface area contributed by atoms with Gasteiger partial charge in [0.15, 0.2) is 6.54 Å². The third-order valence-corrected chi connectivity index (χ3v) is 3.83. The van der Waals surface area contributed by atoms with Crippen molar-refractivity contribution in [1.82, 2.24) is 0 Å². The summed E-state index contributed by atoms with van der Waals surface area (Å²) in [6.45, 7) is 0.791. The quantitative estimate of drug-likeness (QED) is 0.869. The lowest BCUT2D eigenvalue weighted by Crippen LogP contribution is -3.17. The van der Waals surface area contributed by atoms with E-state index in [9.17, 15) is 13.6 Å². The number of carbonyl (C=O) groups is 1. The molecule has 0 bridgehead atoms. The first-order chi connectivity index (χ1) is 10.0. The topological polar surface area (TPSA) is 42.8 Å². The standard InChI is InChI=1S/C15H20F2N2O2/c1-11-4-2-3-9-19(11)10-14(20)18-12-5-7-13(8-6-12)21-15(16)17/h5-8,11,15H,2-4,9-10H2,1H3,(H,18,20)/p+1/t11-/m1/s1. The molecule has 0 aliphatic carbocycles. The van der Waals surface area contributed by atoms with Crippen LogP contribution in [0, 0.1) is 0 Å². The molecule has 1 aliphatic rings. The van der Waals surface area contributed by atoms with Crippen molar-refractivity contribution in [2.75, 3.05) is 18.4 Å². The van der Waals surface area contributed by atoms with Gasteiger partial charge in [0.25, 0.3) is 5.91 Å². The van der Waals surface area contributed by atoms with Crippen LogP contribution in [0.15, 0.2) is 24.3 Å². The number of ether oxygens (including phenoxy) is 1. The minimum absolute atomic E-state index is 0.0544. The number of piperidine rings is 1. The molecule has 4 nitrogen and oxygen atoms in total. The maximum absolute atomic E-state index is 12.0. The van der Waals surface area contributed by atoms with Crippen molar-refractivity contribution in [3.8, 4) is 5.75 Å². The van der Waals surface area contributed by atoms with Crippen molar-refractivity contribution >= 4 is 11.6 Å². The molecule has 6 heteroatoms. The van der Waals surface area contributed by atoms with Crippen LogP contribution in [0.5, 0.6) is 5.75 Å². The fraction of sp³-hybridized carbons (Fsp3) is 0.533. The Morgan fingerprint density at radius 3 is 2.71 bits per heavy atom. The first-order valence-corrected chi connectivity index (χ1v) is 7.24. The summed E-state index contributed by atoms with van der Waals surface area (Å²) >= 11 is 0. The van der Waals surface area contributed by atoms with E-state index in [0.717, 1.165) is 19.4 Å². The molecular formula is C15H21F2N2O2+. The van der Waals surface area contributed by atoms with E-state index in [2.05, 4.69) is 17.0 Å². The highest BCUT2D eigenvalue weighted by Crippen LogP contribution is 2.17. The zero-order chi connectivity index (χ0) is 15.2. The van der Waals surface area contributed by atoms with Gasteiger partial charge in [-0.1, -0.05) is 0 Å². The summed E-state index contributed by atoms with van der Waals surface area (Å²) < 4.78 is 28.3. The molecule has 2 rings (SSSR count). The number of hydrogen-bond acceptors (Lipinski definition) is 2. The van der Waals surface area contributed by atoms with Crippen LogP contribution in [-0.2, 0) is 4.79 Å². The van der Waals surface area contributed by atoms with Crippen LogP contribution in [0.4, 0.5) is 14.5 Å². The van der Waals surface area contributed by atoms with E-state index in [4.69, 9.17) is 0 Å². The van der Waals surface area contributed by atoms with Crippen LogP contribution in [0.2, 0.25) is 0 Å². The average molecular weight is 299 g/mol. The molecule has 0 saturated carbocycles. The summed E-state index contributed by atoms with van der Waals surface area (Å²) in [7, 11) is 0. The van der Waals surface area contributed by atoms with E-state index < -0.39 is 6.61 Å². The Bertz CT molecular complexity index is 465. The number of likely N-dealkylation sites (tertiary alicyclic amines) is 1. The van der Waals surface area contributed by atoms with Crippen molar-refractivity contribution in [2.24, 2.45) is 0 Å². The zero-order valence-electron chi connectivity index (χ0n) is 12.1. The van der Waals surface area contributed by atoms with E-state index in [0.29, 0.717) is 18.3 Å². The second kappa shape index (κ2) is 7.36. The van der Waals surface area contributed by atoms with Gasteiger partial charge in [0.1, 0.15) is 5.75 Å². The number of rotatable bonds is 5. The van der Waals surface area contributed by atoms with Gasteiger partial charge in [0.2, 0.25) is 0 Å². The number of halogens is 2. The Morgan fingerprint density at radius 1 is 1.38 bits per heavy atom. The minimum atomic E-state index is -2.84. The van der Waals surface area contributed by atoms with Crippen LogP contribution in [-0.4, -0.2) is 31.7 Å². The van der Waals surface area contributed by atoms with Crippen LogP contribution < -0.4 is 15.0 Å². The minimum Gasteiger partial charge on any atom is -0.435 e. The summed E-state index contributed by atoms with van der Waals surface area (Å²) in [4.78, 5) is 13.3. The van der Waals surface area contributed by atoms with E-state index in [1.54, 1.807) is 12.1 Å². The van der Waals surface area contributed by atoms with Gasteiger partial charge in [0.05, 0.1) is 12.6 Å². The summed E-state index contributed by atoms with van der Waals surface area (Å²) in [6.07, 6.45) is 3.55. The molecule has 0 radical (unpaired) electrons. The SMILES string of the molecule is C[C@@H]1CCCC[NH+]1CC(=O)Nc1ccc(OC(F)F)cc1. The number of hydrogen-bond donors (Lipinski definition) is 2. The molecule has 2 N–H and O–H groups in total. The van der Waals surface area contributed by atoms with Crippen LogP contribution in [0.25, 0.3) is 0 Å². The van der Waals surface area contributed by atoms with E-state index >= 15 is 0 Å². The van der Waals surface area contributed by atoms with Gasteiger partial charge in [-0.25, -0.2) is 0 Å². The van der Waals surface area contributed by atoms with Crippen molar-refractivity contribution < 1.29 is 23.2 Å². The number of carbonyl (C=O) groups excluding carboxylic acids is 1. The van der Waals surface area contributed by atoms with Gasteiger partial charge in [0, 0.05) is 5.69 Å². The molecule has 1 saturated heterocycles. The summed E-state index contributed by atoms with van der Waals surface area (Å²) in [5, 5.41) is 2.79. The molecule has 0 aromatic heterocycles. The van der Waals surface area contributed by atoms with Gasteiger partial charge in [-0.2, -0.15) is 8.78 Å². The summed E-state index contributed by atoms with van der Waals surface area (Å²) in [5.41, 5.74) is 0.589. The Balaban J connectivity index is 1.84. The van der Waals surface area contributed by atoms with Gasteiger partial charge >= 0.3 is 6.61 Å². The molecule has 1 aromatic carbocycles. The second-order valence-electron chi connectivity index (χ2n) is 5.43. The molecule has 21 heavy (non-hydrogen) atoms. The van der Waals surface area contributed by atoms with Crippen LogP contribution in [0.1, 0.15) is 26.2 Å². The number of anilines is 1. The lowest BCUT2D eigenvalue weighted by molar-refractivity contribution is -0.920. The Hall–Kier alpha value is -1.69. The number of amides is 1. The first kappa shape index (κ1) is 15.7. The maximum atomic E-state index is 12.0. The Labute approximate surface area is 123 Å². The zero-order valence-corrected chi connectivity index (χ0v) is 12.1. The van der Waals surface area contributed by atoms with Crippen LogP contribution >= 0.6 is 0 Å². The normalized spacial score (nSPS) is 22.1. The molecule has 1 aromatic rings. The van der Waals surface area contributed by atoms with Gasteiger partial charge in [-0.05, 0) is 50.5 Å². The van der Waals surface area contributed by atoms with Gasteiger partial charge < -0.3 is 15.0 Å². The molecule has 0 spiro atoms. The largest absolute Gasteiger partial charge is 0.435 e. The van der Waals surface area contributed by atoms with E-state index in [1.165, 1.54) is 23.5 Å². The van der Waals surface area contributed by atoms with Crippen molar-refractivity contribution in [1.29, 1.82) is 0 Å². The lowest BCUT2D eigenvalue weighted by atomic mass is 10.0. The smallest absolute Gasteiger partial charge is 0.387 e. The molecule has 1 aliphatic heterocycles. The molecule has 116 valence electrons. The molecule has 1 amide bonds. The number of benzene rings is 1. The molecule has 1 unspecified atom stereocenters. The first-order valence-electron chi connectivity index (χ1n) is 7.24. The highest BCUT2D eigenvalue weighted by molar-refractivity contribution is 5.91. The molecular weight excluding hydrogens is 278 g/mol. The number of quaternary nitrogens is 1. The van der Waals surface area contributed by atoms with Crippen molar-refractivity contribution in [3.05, 3.63) is 24.3 Å².